The van der Waals surface area contributed by atoms with E-state index in [1.807, 2.05) is 6.07 Å². The topological polar surface area (TPSA) is 34.4 Å². The van der Waals surface area contributed by atoms with Crippen molar-refractivity contribution in [1.82, 2.24) is 5.32 Å². The highest BCUT2D eigenvalue weighted by Gasteiger charge is 2.28. The van der Waals surface area contributed by atoms with Gasteiger partial charge in [-0.15, -0.1) is 0 Å². The molecule has 0 spiro atoms. The Morgan fingerprint density at radius 2 is 2.40 bits per heavy atom. The standard InChI is InChI=1S/C12H19NO2/c1-9(10-6-7-15-8-10)13-11-4-3-5-12(11)14-2/h6-9,11-13H,3-5H2,1-2H3. The summed E-state index contributed by atoms with van der Waals surface area (Å²) in [4.78, 5) is 0. The predicted octanol–water partition coefficient (Wildman–Crippen LogP) is 2.50. The summed E-state index contributed by atoms with van der Waals surface area (Å²) < 4.78 is 10.5. The highest BCUT2D eigenvalue weighted by Crippen LogP contribution is 2.24. The Kier molecular flexibility index (Phi) is 3.44. The van der Waals surface area contributed by atoms with Crippen molar-refractivity contribution in [3.8, 4) is 0 Å². The van der Waals surface area contributed by atoms with Gasteiger partial charge in [-0.05, 0) is 32.3 Å². The Morgan fingerprint density at radius 3 is 3.07 bits per heavy atom. The predicted molar refractivity (Wildman–Crippen MR) is 58.7 cm³/mol. The van der Waals surface area contributed by atoms with E-state index in [9.17, 15) is 0 Å². The van der Waals surface area contributed by atoms with Crippen molar-refractivity contribution >= 4 is 0 Å². The second-order valence-electron chi connectivity index (χ2n) is 4.26. The third kappa shape index (κ3) is 2.41. The van der Waals surface area contributed by atoms with Gasteiger partial charge in [-0.1, -0.05) is 0 Å². The molecule has 3 unspecified atom stereocenters. The smallest absolute Gasteiger partial charge is 0.0950 e. The van der Waals surface area contributed by atoms with Crippen LogP contribution in [0.1, 0.15) is 37.8 Å². The van der Waals surface area contributed by atoms with Gasteiger partial charge in [0.05, 0.1) is 18.6 Å². The van der Waals surface area contributed by atoms with Gasteiger partial charge in [0.15, 0.2) is 0 Å². The zero-order valence-electron chi connectivity index (χ0n) is 9.40. The lowest BCUT2D eigenvalue weighted by Crippen LogP contribution is -2.38. The third-order valence-corrected chi connectivity index (χ3v) is 3.26. The summed E-state index contributed by atoms with van der Waals surface area (Å²) in [5, 5.41) is 3.60. The fourth-order valence-electron chi connectivity index (χ4n) is 2.34. The molecular weight excluding hydrogens is 190 g/mol. The molecular formula is C12H19NO2. The number of nitrogens with one attached hydrogen (secondary N) is 1. The maximum absolute atomic E-state index is 5.46. The number of hydrogen-bond donors (Lipinski definition) is 1. The molecule has 84 valence electrons. The van der Waals surface area contributed by atoms with E-state index in [1.54, 1.807) is 19.6 Å². The van der Waals surface area contributed by atoms with Crippen molar-refractivity contribution in [1.29, 1.82) is 0 Å². The van der Waals surface area contributed by atoms with Crippen LogP contribution in [0.5, 0.6) is 0 Å². The number of rotatable bonds is 4. The molecule has 0 amide bonds. The van der Waals surface area contributed by atoms with Crippen molar-refractivity contribution in [2.75, 3.05) is 7.11 Å². The first kappa shape index (κ1) is 10.7. The maximum Gasteiger partial charge on any atom is 0.0950 e. The minimum atomic E-state index is 0.337. The fourth-order valence-corrected chi connectivity index (χ4v) is 2.34. The van der Waals surface area contributed by atoms with Gasteiger partial charge >= 0.3 is 0 Å². The normalized spacial score (nSPS) is 28.1. The third-order valence-electron chi connectivity index (χ3n) is 3.26. The first-order chi connectivity index (χ1) is 7.31. The summed E-state index contributed by atoms with van der Waals surface area (Å²) in [7, 11) is 1.80. The monoisotopic (exact) mass is 209 g/mol. The van der Waals surface area contributed by atoms with E-state index < -0.39 is 0 Å². The molecule has 3 heteroatoms. The number of ether oxygens (including phenoxy) is 1. The molecule has 1 aromatic rings. The van der Waals surface area contributed by atoms with Gasteiger partial charge in [-0.3, -0.25) is 0 Å². The van der Waals surface area contributed by atoms with Crippen LogP contribution in [0.25, 0.3) is 0 Å². The van der Waals surface area contributed by atoms with E-state index in [0.29, 0.717) is 18.2 Å². The van der Waals surface area contributed by atoms with E-state index in [2.05, 4.69) is 12.2 Å². The van der Waals surface area contributed by atoms with Crippen molar-refractivity contribution in [3.63, 3.8) is 0 Å². The highest BCUT2D eigenvalue weighted by molar-refractivity contribution is 5.11. The molecule has 0 radical (unpaired) electrons. The average Bonchev–Trinajstić information content (AvgIpc) is 2.87. The van der Waals surface area contributed by atoms with E-state index in [1.165, 1.54) is 24.8 Å². The molecule has 0 aromatic carbocycles. The Hall–Kier alpha value is -0.800. The molecule has 1 saturated carbocycles. The van der Waals surface area contributed by atoms with Crippen LogP contribution in [0.2, 0.25) is 0 Å². The zero-order chi connectivity index (χ0) is 10.7. The molecule has 0 saturated heterocycles. The quantitative estimate of drug-likeness (QED) is 0.827. The van der Waals surface area contributed by atoms with Crippen LogP contribution < -0.4 is 5.32 Å². The van der Waals surface area contributed by atoms with Gasteiger partial charge in [0.1, 0.15) is 0 Å². The van der Waals surface area contributed by atoms with Crippen LogP contribution in [0.4, 0.5) is 0 Å². The molecule has 1 aliphatic carbocycles. The van der Waals surface area contributed by atoms with Gasteiger partial charge in [0, 0.05) is 24.8 Å². The molecule has 3 atom stereocenters. The van der Waals surface area contributed by atoms with Crippen LogP contribution in [-0.2, 0) is 4.74 Å². The summed E-state index contributed by atoms with van der Waals surface area (Å²) in [5.41, 5.74) is 1.21. The molecule has 3 nitrogen and oxygen atoms in total. The van der Waals surface area contributed by atoms with Crippen molar-refractivity contribution in [3.05, 3.63) is 24.2 Å². The fraction of sp³-hybridized carbons (Fsp3) is 0.667. The number of methoxy groups -OCH3 is 1. The van der Waals surface area contributed by atoms with Crippen molar-refractivity contribution < 1.29 is 9.15 Å². The van der Waals surface area contributed by atoms with Crippen LogP contribution in [0.3, 0.4) is 0 Å². The van der Waals surface area contributed by atoms with E-state index in [0.717, 1.165) is 0 Å². The minimum absolute atomic E-state index is 0.337. The van der Waals surface area contributed by atoms with Crippen LogP contribution in [0.15, 0.2) is 23.0 Å². The molecule has 2 rings (SSSR count). The Balaban J connectivity index is 1.91. The molecule has 15 heavy (non-hydrogen) atoms. The Morgan fingerprint density at radius 1 is 1.53 bits per heavy atom. The second kappa shape index (κ2) is 4.81. The van der Waals surface area contributed by atoms with Gasteiger partial charge in [-0.25, -0.2) is 0 Å². The van der Waals surface area contributed by atoms with Crippen LogP contribution in [-0.4, -0.2) is 19.3 Å². The van der Waals surface area contributed by atoms with Crippen LogP contribution in [0, 0.1) is 0 Å². The van der Waals surface area contributed by atoms with Gasteiger partial charge in [0.25, 0.3) is 0 Å². The first-order valence-electron chi connectivity index (χ1n) is 5.62. The first-order valence-corrected chi connectivity index (χ1v) is 5.62. The van der Waals surface area contributed by atoms with Gasteiger partial charge in [-0.2, -0.15) is 0 Å². The summed E-state index contributed by atoms with van der Waals surface area (Å²) >= 11 is 0. The molecule has 1 heterocycles. The zero-order valence-corrected chi connectivity index (χ0v) is 9.40. The lowest BCUT2D eigenvalue weighted by atomic mass is 10.1. The van der Waals surface area contributed by atoms with Gasteiger partial charge in [0.2, 0.25) is 0 Å². The number of hydrogen-bond acceptors (Lipinski definition) is 3. The molecule has 1 aliphatic rings. The maximum atomic E-state index is 5.46. The molecule has 1 fully saturated rings. The van der Waals surface area contributed by atoms with Crippen molar-refractivity contribution in [2.24, 2.45) is 0 Å². The molecule has 0 bridgehead atoms. The summed E-state index contributed by atoms with van der Waals surface area (Å²) in [6, 6.07) is 2.83. The second-order valence-corrected chi connectivity index (χ2v) is 4.26. The average molecular weight is 209 g/mol. The Bertz CT molecular complexity index is 284. The van der Waals surface area contributed by atoms with E-state index in [-0.39, 0.29) is 0 Å². The minimum Gasteiger partial charge on any atom is -0.472 e. The lowest BCUT2D eigenvalue weighted by molar-refractivity contribution is 0.0819. The molecule has 0 aliphatic heterocycles. The summed E-state index contributed by atoms with van der Waals surface area (Å²) in [5.74, 6) is 0. The number of furan rings is 1. The van der Waals surface area contributed by atoms with Gasteiger partial charge < -0.3 is 14.5 Å². The molecule has 1 aromatic heterocycles. The molecule has 1 N–H and O–H groups in total. The van der Waals surface area contributed by atoms with E-state index in [4.69, 9.17) is 9.15 Å². The van der Waals surface area contributed by atoms with E-state index >= 15 is 0 Å². The highest BCUT2D eigenvalue weighted by atomic mass is 16.5. The summed E-state index contributed by atoms with van der Waals surface area (Å²) in [6.07, 6.45) is 7.53. The lowest BCUT2D eigenvalue weighted by Gasteiger charge is -2.23. The largest absolute Gasteiger partial charge is 0.472 e. The summed E-state index contributed by atoms with van der Waals surface area (Å²) in [6.45, 7) is 2.16. The van der Waals surface area contributed by atoms with Crippen LogP contribution >= 0.6 is 0 Å². The van der Waals surface area contributed by atoms with Crippen molar-refractivity contribution in [2.45, 2.75) is 44.4 Å². The SMILES string of the molecule is COC1CCCC1NC(C)c1ccoc1. The Labute approximate surface area is 90.8 Å².